The Morgan fingerprint density at radius 3 is 2.33 bits per heavy atom. The van der Waals surface area contributed by atoms with Crippen LogP contribution in [0, 0.1) is 0 Å². The van der Waals surface area contributed by atoms with Crippen LogP contribution in [0.4, 0.5) is 0 Å². The van der Waals surface area contributed by atoms with Crippen molar-refractivity contribution in [2.45, 2.75) is 43.7 Å². The third kappa shape index (κ3) is 5.84. The highest BCUT2D eigenvalue weighted by molar-refractivity contribution is 7.89. The van der Waals surface area contributed by atoms with Gasteiger partial charge in [-0.05, 0) is 45.0 Å². The Labute approximate surface area is 195 Å². The summed E-state index contributed by atoms with van der Waals surface area (Å²) in [7, 11) is -2.43. The Bertz CT molecular complexity index is 995. The van der Waals surface area contributed by atoms with E-state index in [1.165, 1.54) is 11.5 Å². The van der Waals surface area contributed by atoms with Gasteiger partial charge in [0, 0.05) is 12.1 Å². The minimum Gasteiger partial charge on any atom is -0.493 e. The zero-order chi connectivity index (χ0) is 24.1. The van der Waals surface area contributed by atoms with Crippen LogP contribution >= 0.6 is 0 Å². The topological polar surface area (TPSA) is 97.8 Å². The molecule has 1 N–H and O–H groups in total. The smallest absolute Gasteiger partial charge is 0.256 e. The fourth-order valence-electron chi connectivity index (χ4n) is 3.64. The largest absolute Gasteiger partial charge is 0.493 e. The fourth-order valence-corrected chi connectivity index (χ4v) is 5.52. The second-order valence-corrected chi connectivity index (χ2v) is 10.2. The van der Waals surface area contributed by atoms with Crippen LogP contribution in [0.3, 0.4) is 0 Å². The molecule has 2 unspecified atom stereocenters. The van der Waals surface area contributed by atoms with Gasteiger partial charge in [0.05, 0.1) is 31.8 Å². The normalized spacial score (nSPS) is 20.1. The molecule has 0 spiro atoms. The number of aliphatic hydroxyl groups is 1. The fraction of sp³-hybridized carbons (Fsp3) is 0.478. The molecule has 2 atom stereocenters. The molecule has 1 heterocycles. The number of benzene rings is 2. The number of morpholine rings is 1. The van der Waals surface area contributed by atoms with Gasteiger partial charge < -0.3 is 24.1 Å². The van der Waals surface area contributed by atoms with Crippen molar-refractivity contribution in [3.63, 3.8) is 0 Å². The Morgan fingerprint density at radius 1 is 1.09 bits per heavy atom. The molecule has 3 rings (SSSR count). The summed E-state index contributed by atoms with van der Waals surface area (Å²) in [4.78, 5) is 0.162. The van der Waals surface area contributed by atoms with E-state index in [9.17, 15) is 13.5 Å². The number of para-hydroxylation sites is 2. The van der Waals surface area contributed by atoms with Crippen molar-refractivity contribution < 1.29 is 32.5 Å². The molecule has 1 aliphatic heterocycles. The van der Waals surface area contributed by atoms with Gasteiger partial charge >= 0.3 is 0 Å². The Morgan fingerprint density at radius 2 is 1.73 bits per heavy atom. The van der Waals surface area contributed by atoms with Crippen molar-refractivity contribution >= 4 is 10.0 Å². The number of methoxy groups -OCH3 is 1. The van der Waals surface area contributed by atoms with Gasteiger partial charge in [-0.15, -0.1) is 4.41 Å². The van der Waals surface area contributed by atoms with Crippen LogP contribution < -0.4 is 9.47 Å². The summed E-state index contributed by atoms with van der Waals surface area (Å²) in [5.41, 5.74) is -0.837. The highest BCUT2D eigenvalue weighted by Gasteiger charge is 2.47. The molecule has 182 valence electrons. The van der Waals surface area contributed by atoms with E-state index in [4.69, 9.17) is 18.9 Å². The van der Waals surface area contributed by atoms with Crippen LogP contribution in [0.15, 0.2) is 59.5 Å². The van der Waals surface area contributed by atoms with E-state index in [2.05, 4.69) is 0 Å². The zero-order valence-electron chi connectivity index (χ0n) is 19.4. The first-order chi connectivity index (χ1) is 15.7. The number of hydrogen-bond acceptors (Lipinski definition) is 8. The molecule has 0 aromatic heterocycles. The van der Waals surface area contributed by atoms with Crippen molar-refractivity contribution in [2.75, 3.05) is 33.5 Å². The predicted molar refractivity (Wildman–Crippen MR) is 122 cm³/mol. The van der Waals surface area contributed by atoms with Crippen molar-refractivity contribution in [1.29, 1.82) is 0 Å². The summed E-state index contributed by atoms with van der Waals surface area (Å²) in [5, 5.41) is 10.9. The van der Waals surface area contributed by atoms with E-state index in [1.807, 2.05) is 26.8 Å². The minimum atomic E-state index is -3.96. The van der Waals surface area contributed by atoms with Gasteiger partial charge in [-0.3, -0.25) is 0 Å². The first kappa shape index (κ1) is 25.4. The standard InChI is InChI=1S/C23H32N2O7S/c1-23(2,3)25(33(27,28)18-10-6-5-7-11-18)24-14-16-30-22(31-17-15-26)21(24)32-20-13-9-8-12-19(20)29-4/h5-13,21-22,26H,14-17H2,1-4H3. The van der Waals surface area contributed by atoms with Crippen LogP contribution in [-0.2, 0) is 19.5 Å². The second-order valence-electron chi connectivity index (χ2n) is 8.39. The third-order valence-corrected chi connectivity index (χ3v) is 6.98. The van der Waals surface area contributed by atoms with Crippen LogP contribution in [0.5, 0.6) is 11.5 Å². The number of sulfonamides is 1. The van der Waals surface area contributed by atoms with Crippen LogP contribution in [0.25, 0.3) is 0 Å². The summed E-state index contributed by atoms with van der Waals surface area (Å²) in [6.07, 6.45) is -1.93. The average molecular weight is 481 g/mol. The molecule has 2 aromatic rings. The number of aliphatic hydroxyl groups excluding tert-OH is 1. The lowest BCUT2D eigenvalue weighted by Crippen LogP contribution is -2.66. The number of hydrazine groups is 1. The van der Waals surface area contributed by atoms with Gasteiger partial charge in [0.15, 0.2) is 11.5 Å². The SMILES string of the molecule is COc1ccccc1OC1C(OCCO)OCCN1N(C(C)(C)C)S(=O)(=O)c1ccccc1. The summed E-state index contributed by atoms with van der Waals surface area (Å²) < 4.78 is 52.1. The highest BCUT2D eigenvalue weighted by Crippen LogP contribution is 2.34. The lowest BCUT2D eigenvalue weighted by Gasteiger charge is -2.48. The maximum absolute atomic E-state index is 13.8. The predicted octanol–water partition coefficient (Wildman–Crippen LogP) is 2.47. The highest BCUT2D eigenvalue weighted by atomic mass is 32.2. The van der Waals surface area contributed by atoms with Gasteiger partial charge in [0.25, 0.3) is 10.0 Å². The molecule has 0 bridgehead atoms. The quantitative estimate of drug-likeness (QED) is 0.585. The van der Waals surface area contributed by atoms with Crippen molar-refractivity contribution in [1.82, 2.24) is 9.42 Å². The Hall–Kier alpha value is -2.21. The Balaban J connectivity index is 2.07. The molecular weight excluding hydrogens is 448 g/mol. The van der Waals surface area contributed by atoms with Crippen molar-refractivity contribution in [3.8, 4) is 11.5 Å². The molecule has 2 aromatic carbocycles. The van der Waals surface area contributed by atoms with Gasteiger partial charge in [0.2, 0.25) is 12.5 Å². The summed E-state index contributed by atoms with van der Waals surface area (Å²) >= 11 is 0. The van der Waals surface area contributed by atoms with Gasteiger partial charge in [-0.25, -0.2) is 8.42 Å². The average Bonchev–Trinajstić information content (AvgIpc) is 2.79. The van der Waals surface area contributed by atoms with Crippen molar-refractivity contribution in [3.05, 3.63) is 54.6 Å². The molecule has 0 radical (unpaired) electrons. The molecule has 1 fully saturated rings. The monoisotopic (exact) mass is 480 g/mol. The summed E-state index contributed by atoms with van der Waals surface area (Å²) in [6, 6.07) is 15.3. The number of ether oxygens (including phenoxy) is 4. The third-order valence-electron chi connectivity index (χ3n) is 4.90. The maximum atomic E-state index is 13.8. The summed E-state index contributed by atoms with van der Waals surface area (Å²) in [5.74, 6) is 0.890. The van der Waals surface area contributed by atoms with Gasteiger partial charge in [0.1, 0.15) is 0 Å². The summed E-state index contributed by atoms with van der Waals surface area (Å²) in [6.45, 7) is 5.67. The van der Waals surface area contributed by atoms with E-state index in [0.29, 0.717) is 11.5 Å². The lowest BCUT2D eigenvalue weighted by atomic mass is 10.1. The number of rotatable bonds is 9. The van der Waals surface area contributed by atoms with E-state index in [0.717, 1.165) is 0 Å². The number of nitrogens with zero attached hydrogens (tertiary/aromatic N) is 2. The first-order valence-electron chi connectivity index (χ1n) is 10.7. The molecule has 0 amide bonds. The molecule has 1 saturated heterocycles. The minimum absolute atomic E-state index is 0.00520. The van der Waals surface area contributed by atoms with Crippen LogP contribution in [0.1, 0.15) is 20.8 Å². The van der Waals surface area contributed by atoms with E-state index < -0.39 is 28.1 Å². The van der Waals surface area contributed by atoms with Crippen molar-refractivity contribution in [2.24, 2.45) is 0 Å². The van der Waals surface area contributed by atoms with Gasteiger partial charge in [-0.1, -0.05) is 30.3 Å². The van der Waals surface area contributed by atoms with E-state index >= 15 is 0 Å². The number of hydrogen-bond donors (Lipinski definition) is 1. The Kier molecular flexibility index (Phi) is 8.33. The van der Waals surface area contributed by atoms with Crippen LogP contribution in [-0.4, -0.2) is 74.5 Å². The molecule has 33 heavy (non-hydrogen) atoms. The molecule has 10 heteroatoms. The zero-order valence-corrected chi connectivity index (χ0v) is 20.2. The van der Waals surface area contributed by atoms with E-state index in [-0.39, 0.29) is 31.3 Å². The van der Waals surface area contributed by atoms with E-state index in [1.54, 1.807) is 53.5 Å². The molecule has 0 aliphatic carbocycles. The molecule has 9 nitrogen and oxygen atoms in total. The maximum Gasteiger partial charge on any atom is 0.256 e. The molecule has 0 saturated carbocycles. The molecule has 1 aliphatic rings. The van der Waals surface area contributed by atoms with Crippen LogP contribution in [0.2, 0.25) is 0 Å². The first-order valence-corrected chi connectivity index (χ1v) is 12.1. The molecular formula is C23H32N2O7S. The second kappa shape index (κ2) is 10.8. The lowest BCUT2D eigenvalue weighted by molar-refractivity contribution is -0.288. The van der Waals surface area contributed by atoms with Gasteiger partial charge in [-0.2, -0.15) is 5.01 Å².